The molecular formula is C13H14N2O4. The van der Waals surface area contributed by atoms with Gasteiger partial charge in [0.15, 0.2) is 6.04 Å². The Balaban J connectivity index is 2.47. The Morgan fingerprint density at radius 2 is 2.05 bits per heavy atom. The fraction of sp³-hybridized carbons (Fsp3) is 0.308. The first-order valence-corrected chi connectivity index (χ1v) is 5.79. The largest absolute Gasteiger partial charge is 0.467 e. The molecule has 6 heteroatoms. The molecule has 1 heterocycles. The van der Waals surface area contributed by atoms with Gasteiger partial charge in [-0.1, -0.05) is 24.3 Å². The maximum absolute atomic E-state index is 12.0. The number of carbonyl (C=O) groups excluding carboxylic acids is 3. The Kier molecular flexibility index (Phi) is 3.50. The summed E-state index contributed by atoms with van der Waals surface area (Å²) < 4.78 is 4.72. The summed E-state index contributed by atoms with van der Waals surface area (Å²) in [6, 6.07) is 6.17. The van der Waals surface area contributed by atoms with E-state index in [0.717, 1.165) is 10.6 Å². The predicted molar refractivity (Wildman–Crippen MR) is 65.6 cm³/mol. The Morgan fingerprint density at radius 3 is 2.68 bits per heavy atom. The quantitative estimate of drug-likeness (QED) is 0.780. The molecule has 19 heavy (non-hydrogen) atoms. The fourth-order valence-electron chi connectivity index (χ4n) is 2.13. The summed E-state index contributed by atoms with van der Waals surface area (Å²) in [5.41, 5.74) is 3.82. The molecule has 1 aliphatic rings. The highest BCUT2D eigenvalue weighted by Crippen LogP contribution is 2.29. The Morgan fingerprint density at radius 1 is 1.37 bits per heavy atom. The van der Waals surface area contributed by atoms with Crippen LogP contribution in [0.4, 0.5) is 0 Å². The zero-order chi connectivity index (χ0) is 14.0. The molecule has 1 atom stereocenters. The minimum atomic E-state index is -0.939. The molecule has 1 N–H and O–H groups in total. The summed E-state index contributed by atoms with van der Waals surface area (Å²) >= 11 is 0. The lowest BCUT2D eigenvalue weighted by molar-refractivity contribution is -0.159. The molecule has 1 aromatic carbocycles. The van der Waals surface area contributed by atoms with Crippen LogP contribution in [0.3, 0.4) is 0 Å². The van der Waals surface area contributed by atoms with Crippen LogP contribution >= 0.6 is 0 Å². The summed E-state index contributed by atoms with van der Waals surface area (Å²) in [6.07, 6.45) is 0.143. The Bertz CT molecular complexity index is 541. The van der Waals surface area contributed by atoms with Gasteiger partial charge in [0.25, 0.3) is 0 Å². The third kappa shape index (κ3) is 2.42. The summed E-state index contributed by atoms with van der Waals surface area (Å²) in [5, 5.41) is 1.04. The molecular weight excluding hydrogens is 248 g/mol. The SMILES string of the molecule is COC(=O)C1c2ccccc2CC(=O)N1NC(C)=O. The molecule has 0 aromatic heterocycles. The highest BCUT2D eigenvalue weighted by Gasteiger charge is 2.38. The van der Waals surface area contributed by atoms with Gasteiger partial charge in [-0.3, -0.25) is 15.0 Å². The van der Waals surface area contributed by atoms with Crippen molar-refractivity contribution in [2.45, 2.75) is 19.4 Å². The number of ether oxygens (including phenoxy) is 1. The topological polar surface area (TPSA) is 75.7 Å². The molecule has 1 aliphatic heterocycles. The molecule has 0 bridgehead atoms. The monoisotopic (exact) mass is 262 g/mol. The van der Waals surface area contributed by atoms with Crippen molar-refractivity contribution >= 4 is 17.8 Å². The van der Waals surface area contributed by atoms with Crippen molar-refractivity contribution in [3.05, 3.63) is 35.4 Å². The number of esters is 1. The van der Waals surface area contributed by atoms with Crippen molar-refractivity contribution in [3.8, 4) is 0 Å². The van der Waals surface area contributed by atoms with Crippen molar-refractivity contribution in [2.75, 3.05) is 7.11 Å². The molecule has 1 aromatic rings. The van der Waals surface area contributed by atoms with E-state index in [-0.39, 0.29) is 12.3 Å². The van der Waals surface area contributed by atoms with Crippen LogP contribution in [0.5, 0.6) is 0 Å². The molecule has 0 radical (unpaired) electrons. The lowest BCUT2D eigenvalue weighted by atomic mass is 9.93. The fourth-order valence-corrected chi connectivity index (χ4v) is 2.13. The van der Waals surface area contributed by atoms with Crippen LogP contribution in [0, 0.1) is 0 Å². The van der Waals surface area contributed by atoms with Crippen molar-refractivity contribution in [1.29, 1.82) is 0 Å². The minimum Gasteiger partial charge on any atom is -0.467 e. The number of fused-ring (bicyclic) bond motifs is 1. The number of hydrogen-bond donors (Lipinski definition) is 1. The smallest absolute Gasteiger partial charge is 0.335 e. The van der Waals surface area contributed by atoms with E-state index in [1.807, 2.05) is 0 Å². The van der Waals surface area contributed by atoms with Gasteiger partial charge in [-0.05, 0) is 11.1 Å². The molecule has 0 fully saturated rings. The molecule has 0 saturated carbocycles. The average Bonchev–Trinajstić information content (AvgIpc) is 2.38. The summed E-state index contributed by atoms with van der Waals surface area (Å²) in [7, 11) is 1.25. The van der Waals surface area contributed by atoms with Crippen molar-refractivity contribution in [2.24, 2.45) is 0 Å². The second-order valence-corrected chi connectivity index (χ2v) is 4.23. The first kappa shape index (κ1) is 13.1. The van der Waals surface area contributed by atoms with Gasteiger partial charge in [0, 0.05) is 6.92 Å². The van der Waals surface area contributed by atoms with Crippen molar-refractivity contribution in [1.82, 2.24) is 10.4 Å². The summed E-state index contributed by atoms with van der Waals surface area (Å²) in [4.78, 5) is 35.1. The van der Waals surface area contributed by atoms with Crippen molar-refractivity contribution < 1.29 is 19.1 Å². The highest BCUT2D eigenvalue weighted by molar-refractivity contribution is 5.91. The number of hydrogen-bond acceptors (Lipinski definition) is 4. The van der Waals surface area contributed by atoms with Gasteiger partial charge in [0.2, 0.25) is 11.8 Å². The van der Waals surface area contributed by atoms with E-state index < -0.39 is 17.9 Å². The number of nitrogens with zero attached hydrogens (tertiary/aromatic N) is 1. The van der Waals surface area contributed by atoms with Gasteiger partial charge < -0.3 is 4.74 Å². The average molecular weight is 262 g/mol. The summed E-state index contributed by atoms with van der Waals surface area (Å²) in [5.74, 6) is -1.35. The number of nitrogens with one attached hydrogen (secondary N) is 1. The molecule has 1 unspecified atom stereocenters. The molecule has 2 rings (SSSR count). The van der Waals surface area contributed by atoms with E-state index in [4.69, 9.17) is 4.74 Å². The van der Waals surface area contributed by atoms with Crippen LogP contribution in [0.15, 0.2) is 24.3 Å². The molecule has 6 nitrogen and oxygen atoms in total. The van der Waals surface area contributed by atoms with Gasteiger partial charge in [-0.25, -0.2) is 9.80 Å². The maximum Gasteiger partial charge on any atom is 0.335 e. The molecule has 0 spiro atoms. The Labute approximate surface area is 110 Å². The van der Waals surface area contributed by atoms with Crippen LogP contribution in [-0.2, 0) is 25.5 Å². The third-order valence-corrected chi connectivity index (χ3v) is 2.92. The van der Waals surface area contributed by atoms with E-state index in [1.165, 1.54) is 14.0 Å². The number of methoxy groups -OCH3 is 1. The van der Waals surface area contributed by atoms with E-state index >= 15 is 0 Å². The lowest BCUT2D eigenvalue weighted by Gasteiger charge is -2.34. The van der Waals surface area contributed by atoms with Gasteiger partial charge >= 0.3 is 5.97 Å². The predicted octanol–water partition coefficient (Wildman–Crippen LogP) is 0.336. The van der Waals surface area contributed by atoms with Gasteiger partial charge in [-0.2, -0.15) is 0 Å². The first-order valence-electron chi connectivity index (χ1n) is 5.79. The molecule has 0 aliphatic carbocycles. The standard InChI is InChI=1S/C13H14N2O4/c1-8(16)14-15-11(17)7-9-5-3-4-6-10(9)12(15)13(18)19-2/h3-6,12H,7H2,1-2H3,(H,14,16). The van der Waals surface area contributed by atoms with Crippen LogP contribution in [-0.4, -0.2) is 29.9 Å². The zero-order valence-electron chi connectivity index (χ0n) is 10.7. The maximum atomic E-state index is 12.0. The van der Waals surface area contributed by atoms with E-state index in [1.54, 1.807) is 24.3 Å². The van der Waals surface area contributed by atoms with Gasteiger partial charge in [0.05, 0.1) is 13.5 Å². The minimum absolute atomic E-state index is 0.143. The number of amides is 2. The van der Waals surface area contributed by atoms with E-state index in [2.05, 4.69) is 5.43 Å². The normalized spacial score (nSPS) is 17.7. The van der Waals surface area contributed by atoms with Crippen LogP contribution in [0.25, 0.3) is 0 Å². The van der Waals surface area contributed by atoms with Crippen LogP contribution < -0.4 is 5.43 Å². The zero-order valence-corrected chi connectivity index (χ0v) is 10.7. The second-order valence-electron chi connectivity index (χ2n) is 4.23. The van der Waals surface area contributed by atoms with Gasteiger partial charge in [0.1, 0.15) is 0 Å². The third-order valence-electron chi connectivity index (χ3n) is 2.92. The van der Waals surface area contributed by atoms with Gasteiger partial charge in [-0.15, -0.1) is 0 Å². The number of benzene rings is 1. The number of carbonyl (C=O) groups is 3. The molecule has 2 amide bonds. The van der Waals surface area contributed by atoms with Crippen LogP contribution in [0.2, 0.25) is 0 Å². The number of rotatable bonds is 2. The van der Waals surface area contributed by atoms with E-state index in [0.29, 0.717) is 5.56 Å². The van der Waals surface area contributed by atoms with Crippen molar-refractivity contribution in [3.63, 3.8) is 0 Å². The van der Waals surface area contributed by atoms with Crippen LogP contribution in [0.1, 0.15) is 24.1 Å². The van der Waals surface area contributed by atoms with E-state index in [9.17, 15) is 14.4 Å². The molecule has 0 saturated heterocycles. The Hall–Kier alpha value is -2.37. The summed E-state index contributed by atoms with van der Waals surface area (Å²) in [6.45, 7) is 1.28. The molecule has 100 valence electrons. The second kappa shape index (κ2) is 5.09. The lowest BCUT2D eigenvalue weighted by Crippen LogP contribution is -2.53. The highest BCUT2D eigenvalue weighted by atomic mass is 16.5. The first-order chi connectivity index (χ1) is 9.04. The number of hydrazine groups is 1.